The molecule has 0 heterocycles. The molecule has 0 saturated heterocycles. The number of azo groups is 3. The predicted octanol–water partition coefficient (Wildman–Crippen LogP) is 6.30. The summed E-state index contributed by atoms with van der Waals surface area (Å²) < 4.78 is 48.6. The number of carboxylic acid groups (broad SMARTS) is 2. The van der Waals surface area contributed by atoms with Gasteiger partial charge in [0.15, 0.2) is 5.75 Å². The van der Waals surface area contributed by atoms with Crippen LogP contribution in [-0.4, -0.2) is 54.3 Å². The van der Waals surface area contributed by atoms with Gasteiger partial charge >= 0.3 is 0 Å². The number of nitro groups is 1. The molecule has 6 rings (SSSR count). The topological polar surface area (TPSA) is 340 Å². The maximum absolute atomic E-state index is 12.5. The number of nitrogen functional groups attached to an aromatic ring is 1. The van der Waals surface area contributed by atoms with E-state index in [0.29, 0.717) is 17.2 Å². The van der Waals surface area contributed by atoms with Crippen molar-refractivity contribution in [3.63, 3.8) is 0 Å². The van der Waals surface area contributed by atoms with Crippen molar-refractivity contribution in [2.24, 2.45) is 30.7 Å². The van der Waals surface area contributed by atoms with Crippen molar-refractivity contribution in [3.8, 4) is 34.1 Å². The summed E-state index contributed by atoms with van der Waals surface area (Å²) >= 11 is 0. The Morgan fingerprint density at radius 1 is 0.667 bits per heavy atom. The van der Waals surface area contributed by atoms with Gasteiger partial charge in [0.1, 0.15) is 50.1 Å². The molecule has 0 aliphatic heterocycles. The van der Waals surface area contributed by atoms with Gasteiger partial charge in [-0.1, -0.05) is 12.1 Å². The molecule has 0 aromatic heterocycles. The van der Waals surface area contributed by atoms with Gasteiger partial charge in [0.2, 0.25) is 0 Å². The van der Waals surface area contributed by atoms with Crippen LogP contribution in [0.3, 0.4) is 0 Å². The number of phenols is 2. The largest absolute Gasteiger partial charge is 0.744 e. The molecule has 0 bridgehead atoms. The molecule has 4 N–H and O–H groups in total. The van der Waals surface area contributed by atoms with Crippen molar-refractivity contribution < 1.29 is 57.4 Å². The lowest BCUT2D eigenvalue weighted by molar-refractivity contribution is -0.385. The number of rotatable bonds is 13. The molecule has 0 aliphatic rings. The Bertz CT molecular complexity index is 2970. The first-order valence-corrected chi connectivity index (χ1v) is 18.1. The van der Waals surface area contributed by atoms with Crippen LogP contribution in [0.25, 0.3) is 21.9 Å². The number of carbonyl (C=O) groups excluding carboxylic acids is 2. The average molecular weight is 834 g/mol. The second-order valence-corrected chi connectivity index (χ2v) is 13.6. The number of carboxylic acids is 2. The molecule has 6 aromatic rings. The number of nitrogens with two attached hydrogens (primary N) is 1. The number of carbonyl (C=O) groups is 2. The fraction of sp³-hybridized carbons (Fsp3) is 0.0526. The quantitative estimate of drug-likeness (QED) is 0.0378. The van der Waals surface area contributed by atoms with Gasteiger partial charge in [-0.3, -0.25) is 10.1 Å². The number of nitrogens with zero attached hydrogens (tertiary/aromatic N) is 7. The molecule has 22 heteroatoms. The predicted molar refractivity (Wildman–Crippen MR) is 205 cm³/mol. The minimum atomic E-state index is -5.40. The molecule has 0 spiro atoms. The zero-order chi connectivity index (χ0) is 43.5. The van der Waals surface area contributed by atoms with Crippen LogP contribution < -0.4 is 25.4 Å². The molecule has 0 aliphatic carbocycles. The zero-order valence-corrected chi connectivity index (χ0v) is 31.5. The van der Waals surface area contributed by atoms with Gasteiger partial charge in [0.25, 0.3) is 5.69 Å². The van der Waals surface area contributed by atoms with Gasteiger partial charge in [-0.15, -0.1) is 25.6 Å². The lowest BCUT2D eigenvalue weighted by Gasteiger charge is -2.15. The van der Waals surface area contributed by atoms with E-state index in [1.165, 1.54) is 38.5 Å². The number of benzene rings is 6. The number of aromatic hydroxyl groups is 2. The average Bonchev–Trinajstić information content (AvgIpc) is 3.21. The van der Waals surface area contributed by atoms with E-state index in [2.05, 4.69) is 30.7 Å². The number of nitro benzene ring substituents is 1. The molecular formula is C38H25N8O13S-3. The summed E-state index contributed by atoms with van der Waals surface area (Å²) in [5.74, 6) is -4.31. The van der Waals surface area contributed by atoms with Gasteiger partial charge in [-0.25, -0.2) is 8.42 Å². The van der Waals surface area contributed by atoms with Crippen LogP contribution >= 0.6 is 0 Å². The van der Waals surface area contributed by atoms with Crippen LogP contribution in [0.5, 0.6) is 23.0 Å². The van der Waals surface area contributed by atoms with E-state index in [0.717, 1.165) is 30.3 Å². The lowest BCUT2D eigenvalue weighted by atomic mass is 10.0. The SMILES string of the molecule is COc1cc(-c2ccc(N=Nc3c(S(=O)(=O)[O-])cc4c(N=Nc5ccc([N+](=O)[O-])cc5C(=O)[O-])c(N)ccc4c3O)c(OC)c2)ccc1N=Nc1ccc(O)c(C(=O)[O-])c1. The summed E-state index contributed by atoms with van der Waals surface area (Å²) in [5, 5.41) is 78.6. The third kappa shape index (κ3) is 8.48. The van der Waals surface area contributed by atoms with Crippen molar-refractivity contribution in [1.82, 2.24) is 0 Å². The molecule has 0 unspecified atom stereocenters. The minimum absolute atomic E-state index is 0.0378. The van der Waals surface area contributed by atoms with E-state index < -0.39 is 65.9 Å². The van der Waals surface area contributed by atoms with Crippen molar-refractivity contribution in [2.75, 3.05) is 20.0 Å². The Kier molecular flexibility index (Phi) is 11.4. The number of aromatic carboxylic acids is 2. The molecule has 0 amide bonds. The Hall–Kier alpha value is -8.37. The molecular weight excluding hydrogens is 809 g/mol. The summed E-state index contributed by atoms with van der Waals surface area (Å²) in [4.78, 5) is 32.2. The Morgan fingerprint density at radius 2 is 1.23 bits per heavy atom. The molecule has 21 nitrogen and oxygen atoms in total. The molecule has 0 fully saturated rings. The lowest BCUT2D eigenvalue weighted by Crippen LogP contribution is -2.22. The van der Waals surface area contributed by atoms with Crippen LogP contribution in [0.1, 0.15) is 20.7 Å². The van der Waals surface area contributed by atoms with Crippen molar-refractivity contribution >= 4 is 78.3 Å². The first-order chi connectivity index (χ1) is 28.5. The second kappa shape index (κ2) is 16.6. The summed E-state index contributed by atoms with van der Waals surface area (Å²) in [6.45, 7) is 0. The van der Waals surface area contributed by atoms with E-state index in [-0.39, 0.29) is 56.4 Å². The van der Waals surface area contributed by atoms with Gasteiger partial charge in [0, 0.05) is 34.0 Å². The van der Waals surface area contributed by atoms with Crippen LogP contribution in [-0.2, 0) is 10.1 Å². The van der Waals surface area contributed by atoms with Gasteiger partial charge in [-0.2, -0.15) is 5.11 Å². The fourth-order valence-corrected chi connectivity index (χ4v) is 6.29. The van der Waals surface area contributed by atoms with Gasteiger partial charge < -0.3 is 49.8 Å². The fourth-order valence-electron chi connectivity index (χ4n) is 5.66. The van der Waals surface area contributed by atoms with Gasteiger partial charge in [-0.05, 0) is 77.9 Å². The number of ether oxygens (including phenoxy) is 2. The van der Waals surface area contributed by atoms with Crippen molar-refractivity contribution in [1.29, 1.82) is 0 Å². The minimum Gasteiger partial charge on any atom is -0.744 e. The summed E-state index contributed by atoms with van der Waals surface area (Å²) in [5.41, 5.74) is 4.39. The highest BCUT2D eigenvalue weighted by Crippen LogP contribution is 2.47. The summed E-state index contributed by atoms with van der Waals surface area (Å²) in [7, 11) is -2.68. The normalized spacial score (nSPS) is 11.8. The molecule has 0 radical (unpaired) electrons. The van der Waals surface area contributed by atoms with E-state index in [4.69, 9.17) is 15.2 Å². The first kappa shape index (κ1) is 41.3. The van der Waals surface area contributed by atoms with Crippen LogP contribution in [0.4, 0.5) is 45.5 Å². The molecule has 60 heavy (non-hydrogen) atoms. The standard InChI is InChI=1S/C38H28N8O13S/c1-58-31-13-18(3-9-28(31)42-40-20-5-12-30(47)25(15-20)38(51)52)19-4-10-29(32(14-19)59-2)43-45-35-33(60(55,56)57)17-23-22(36(35)48)7-8-26(39)34(23)44-41-27-11-6-21(46(53)54)16-24(27)37(49)50/h3-17,47-48H,39H2,1-2H3,(H,49,50)(H,51,52)(H,55,56,57)/p-3. The maximum atomic E-state index is 12.5. The third-order valence-electron chi connectivity index (χ3n) is 8.60. The number of methoxy groups -OCH3 is 2. The number of anilines is 1. The highest BCUT2D eigenvalue weighted by atomic mass is 32.2. The van der Waals surface area contributed by atoms with Crippen LogP contribution in [0, 0.1) is 10.1 Å². The van der Waals surface area contributed by atoms with E-state index in [9.17, 15) is 53.1 Å². The monoisotopic (exact) mass is 833 g/mol. The number of phenolic OH excluding ortho intramolecular Hbond substituents is 1. The molecule has 6 aromatic carbocycles. The van der Waals surface area contributed by atoms with Crippen molar-refractivity contribution in [3.05, 3.63) is 112 Å². The summed E-state index contributed by atoms with van der Waals surface area (Å²) in [6, 6.07) is 19.1. The highest BCUT2D eigenvalue weighted by molar-refractivity contribution is 7.86. The van der Waals surface area contributed by atoms with E-state index in [1.807, 2.05) is 0 Å². The van der Waals surface area contributed by atoms with Crippen LogP contribution in [0.15, 0.2) is 127 Å². The number of hydrogen-bond donors (Lipinski definition) is 3. The molecule has 0 saturated carbocycles. The zero-order valence-electron chi connectivity index (χ0n) is 30.7. The van der Waals surface area contributed by atoms with Gasteiger partial charge in [0.05, 0.1) is 53.0 Å². The summed E-state index contributed by atoms with van der Waals surface area (Å²) in [6.07, 6.45) is 0. The second-order valence-electron chi connectivity index (χ2n) is 12.2. The Morgan fingerprint density at radius 3 is 1.80 bits per heavy atom. The first-order valence-electron chi connectivity index (χ1n) is 16.7. The highest BCUT2D eigenvalue weighted by Gasteiger charge is 2.21. The van der Waals surface area contributed by atoms with E-state index in [1.54, 1.807) is 30.3 Å². The van der Waals surface area contributed by atoms with Crippen LogP contribution in [0.2, 0.25) is 0 Å². The number of hydrogen-bond acceptors (Lipinski definition) is 20. The third-order valence-corrected chi connectivity index (χ3v) is 9.45. The Labute approximate surface area is 336 Å². The molecule has 0 atom stereocenters. The van der Waals surface area contributed by atoms with E-state index >= 15 is 0 Å². The Balaban J connectivity index is 1.35. The number of fused-ring (bicyclic) bond motifs is 1. The van der Waals surface area contributed by atoms with Crippen molar-refractivity contribution in [2.45, 2.75) is 4.90 Å². The maximum Gasteiger partial charge on any atom is 0.270 e. The molecule has 304 valence electrons. The smallest absolute Gasteiger partial charge is 0.270 e. The number of non-ortho nitro benzene ring substituents is 1.